The molecule has 0 saturated carbocycles. The van der Waals surface area contributed by atoms with E-state index in [1.807, 2.05) is 24.3 Å². The molecule has 0 unspecified atom stereocenters. The number of nitrogens with one attached hydrogen (secondary N) is 1. The van der Waals surface area contributed by atoms with E-state index in [1.54, 1.807) is 12.1 Å². The number of amides is 1. The molecule has 1 saturated heterocycles. The van der Waals surface area contributed by atoms with Crippen LogP contribution in [0.5, 0.6) is 5.75 Å². The zero-order valence-corrected chi connectivity index (χ0v) is 20.2. The minimum atomic E-state index is -3.63. The van der Waals surface area contributed by atoms with Gasteiger partial charge >= 0.3 is 5.97 Å². The standard InChI is InChI=1S/C25H26N2O7S/c1-17(34-25(29)22-15-18-5-3-4-6-19(18)16-23(22)32-2)24(28)26-20-7-9-21(10-8-20)35(30,31)27-11-13-33-14-12-27/h3-10,15-17H,11-14H2,1-2H3,(H,26,28)/t17-/m1/s1. The second-order valence-electron chi connectivity index (χ2n) is 7.98. The van der Waals surface area contributed by atoms with Gasteiger partial charge in [-0.1, -0.05) is 24.3 Å². The van der Waals surface area contributed by atoms with Crippen LogP contribution in [0.3, 0.4) is 0 Å². The number of anilines is 1. The first kappa shape index (κ1) is 24.6. The lowest BCUT2D eigenvalue weighted by atomic mass is 10.1. The largest absolute Gasteiger partial charge is 0.496 e. The van der Waals surface area contributed by atoms with Crippen molar-refractivity contribution in [3.8, 4) is 5.75 Å². The van der Waals surface area contributed by atoms with E-state index in [4.69, 9.17) is 14.2 Å². The van der Waals surface area contributed by atoms with E-state index in [1.165, 1.54) is 42.6 Å². The molecule has 0 spiro atoms. The molecule has 1 atom stereocenters. The second-order valence-corrected chi connectivity index (χ2v) is 9.92. The molecule has 3 aromatic rings. The van der Waals surface area contributed by atoms with E-state index < -0.39 is 28.0 Å². The summed E-state index contributed by atoms with van der Waals surface area (Å²) in [6, 6.07) is 16.8. The Hall–Kier alpha value is -3.47. The summed E-state index contributed by atoms with van der Waals surface area (Å²) < 4.78 is 42.8. The average molecular weight is 499 g/mol. The van der Waals surface area contributed by atoms with E-state index in [-0.39, 0.29) is 10.5 Å². The molecule has 1 fully saturated rings. The number of fused-ring (bicyclic) bond motifs is 1. The second kappa shape index (κ2) is 10.4. The lowest BCUT2D eigenvalue weighted by Crippen LogP contribution is -2.40. The number of sulfonamides is 1. The molecule has 1 heterocycles. The monoisotopic (exact) mass is 498 g/mol. The number of ether oxygens (including phenoxy) is 3. The van der Waals surface area contributed by atoms with Gasteiger partial charge in [-0.15, -0.1) is 0 Å². The molecule has 0 bridgehead atoms. The summed E-state index contributed by atoms with van der Waals surface area (Å²) >= 11 is 0. The fourth-order valence-corrected chi connectivity index (χ4v) is 5.12. The van der Waals surface area contributed by atoms with Crippen LogP contribution < -0.4 is 10.1 Å². The molecule has 1 amide bonds. The van der Waals surface area contributed by atoms with Gasteiger partial charge in [0.15, 0.2) is 6.10 Å². The number of carbonyl (C=O) groups excluding carboxylic acids is 2. The highest BCUT2D eigenvalue weighted by Gasteiger charge is 2.26. The van der Waals surface area contributed by atoms with Gasteiger partial charge in [0.05, 0.1) is 25.2 Å². The number of rotatable bonds is 7. The van der Waals surface area contributed by atoms with Crippen molar-refractivity contribution in [1.82, 2.24) is 4.31 Å². The van der Waals surface area contributed by atoms with Crippen LogP contribution in [0.25, 0.3) is 10.8 Å². The highest BCUT2D eigenvalue weighted by Crippen LogP contribution is 2.27. The molecule has 0 radical (unpaired) electrons. The summed E-state index contributed by atoms with van der Waals surface area (Å²) in [4.78, 5) is 25.5. The zero-order valence-electron chi connectivity index (χ0n) is 19.4. The lowest BCUT2D eigenvalue weighted by molar-refractivity contribution is -0.123. The summed E-state index contributed by atoms with van der Waals surface area (Å²) in [6.07, 6.45) is -1.10. The molecule has 4 rings (SSSR count). The number of methoxy groups -OCH3 is 1. The molecule has 1 aliphatic rings. The number of hydrogen-bond acceptors (Lipinski definition) is 7. The van der Waals surface area contributed by atoms with Crippen LogP contribution in [0.1, 0.15) is 17.3 Å². The third-order valence-electron chi connectivity index (χ3n) is 5.67. The minimum absolute atomic E-state index is 0.125. The van der Waals surface area contributed by atoms with Crippen molar-refractivity contribution in [2.75, 3.05) is 38.7 Å². The first-order valence-electron chi connectivity index (χ1n) is 11.1. The van der Waals surface area contributed by atoms with Crippen molar-refractivity contribution in [3.05, 3.63) is 66.2 Å². The van der Waals surface area contributed by atoms with Gasteiger partial charge in [-0.25, -0.2) is 13.2 Å². The highest BCUT2D eigenvalue weighted by atomic mass is 32.2. The van der Waals surface area contributed by atoms with Gasteiger partial charge in [-0.2, -0.15) is 4.31 Å². The van der Waals surface area contributed by atoms with E-state index in [0.29, 0.717) is 37.7 Å². The van der Waals surface area contributed by atoms with Gasteiger partial charge in [-0.3, -0.25) is 4.79 Å². The Morgan fingerprint density at radius 1 is 1.00 bits per heavy atom. The molecule has 1 aliphatic heterocycles. The maximum atomic E-state index is 12.8. The number of benzene rings is 3. The van der Waals surface area contributed by atoms with E-state index in [9.17, 15) is 18.0 Å². The molecular weight excluding hydrogens is 472 g/mol. The lowest BCUT2D eigenvalue weighted by Gasteiger charge is -2.26. The fraction of sp³-hybridized carbons (Fsp3) is 0.280. The predicted molar refractivity (Wildman–Crippen MR) is 130 cm³/mol. The normalized spacial score (nSPS) is 15.4. The third kappa shape index (κ3) is 5.45. The predicted octanol–water partition coefficient (Wildman–Crippen LogP) is 3.05. The number of hydrogen-bond donors (Lipinski definition) is 1. The zero-order chi connectivity index (χ0) is 25.0. The van der Waals surface area contributed by atoms with E-state index in [0.717, 1.165) is 10.8 Å². The Kier molecular flexibility index (Phi) is 7.34. The maximum Gasteiger partial charge on any atom is 0.342 e. The first-order chi connectivity index (χ1) is 16.8. The minimum Gasteiger partial charge on any atom is -0.496 e. The number of morpholine rings is 1. The van der Waals surface area contributed by atoms with Crippen LogP contribution in [0.2, 0.25) is 0 Å². The Morgan fingerprint density at radius 3 is 2.26 bits per heavy atom. The van der Waals surface area contributed by atoms with Crippen molar-refractivity contribution < 1.29 is 32.2 Å². The van der Waals surface area contributed by atoms with Gasteiger partial charge in [0.2, 0.25) is 10.0 Å². The van der Waals surface area contributed by atoms with Gasteiger partial charge in [0.25, 0.3) is 5.91 Å². The van der Waals surface area contributed by atoms with Crippen molar-refractivity contribution in [2.45, 2.75) is 17.9 Å². The van der Waals surface area contributed by atoms with Crippen LogP contribution in [0.4, 0.5) is 5.69 Å². The van der Waals surface area contributed by atoms with Crippen LogP contribution in [0, 0.1) is 0 Å². The summed E-state index contributed by atoms with van der Waals surface area (Å²) in [5, 5.41) is 4.38. The fourth-order valence-electron chi connectivity index (χ4n) is 3.72. The molecule has 35 heavy (non-hydrogen) atoms. The highest BCUT2D eigenvalue weighted by molar-refractivity contribution is 7.89. The topological polar surface area (TPSA) is 111 Å². The van der Waals surface area contributed by atoms with Gasteiger partial charge < -0.3 is 19.5 Å². The van der Waals surface area contributed by atoms with Crippen molar-refractivity contribution in [2.24, 2.45) is 0 Å². The van der Waals surface area contributed by atoms with Crippen LogP contribution >= 0.6 is 0 Å². The van der Waals surface area contributed by atoms with E-state index >= 15 is 0 Å². The first-order valence-corrected chi connectivity index (χ1v) is 12.5. The maximum absolute atomic E-state index is 12.8. The number of carbonyl (C=O) groups is 2. The van der Waals surface area contributed by atoms with Gasteiger partial charge in [0.1, 0.15) is 11.3 Å². The van der Waals surface area contributed by atoms with Crippen LogP contribution in [-0.2, 0) is 24.3 Å². The summed E-state index contributed by atoms with van der Waals surface area (Å²) in [5.41, 5.74) is 0.589. The molecule has 9 nitrogen and oxygen atoms in total. The summed E-state index contributed by atoms with van der Waals surface area (Å²) in [7, 11) is -2.17. The molecule has 0 aromatic heterocycles. The summed E-state index contributed by atoms with van der Waals surface area (Å²) in [6.45, 7) is 2.76. The van der Waals surface area contributed by atoms with Gasteiger partial charge in [-0.05, 0) is 54.1 Å². The summed E-state index contributed by atoms with van der Waals surface area (Å²) in [5.74, 6) is -0.900. The van der Waals surface area contributed by atoms with Crippen molar-refractivity contribution in [1.29, 1.82) is 0 Å². The van der Waals surface area contributed by atoms with Crippen molar-refractivity contribution >= 4 is 38.4 Å². The quantitative estimate of drug-likeness (QED) is 0.499. The molecule has 0 aliphatic carbocycles. The number of nitrogens with zero attached hydrogens (tertiary/aromatic N) is 1. The molecule has 1 N–H and O–H groups in total. The third-order valence-corrected chi connectivity index (χ3v) is 7.58. The Labute approximate surface area is 203 Å². The Bertz CT molecular complexity index is 1330. The number of esters is 1. The Balaban J connectivity index is 1.41. The molecule has 3 aromatic carbocycles. The smallest absolute Gasteiger partial charge is 0.342 e. The van der Waals surface area contributed by atoms with Gasteiger partial charge in [0, 0.05) is 18.8 Å². The Morgan fingerprint density at radius 2 is 1.63 bits per heavy atom. The molecular formula is C25H26N2O7S. The van der Waals surface area contributed by atoms with Crippen LogP contribution in [0.15, 0.2) is 65.6 Å². The average Bonchev–Trinajstić information content (AvgIpc) is 2.88. The van der Waals surface area contributed by atoms with E-state index in [2.05, 4.69) is 5.32 Å². The molecule has 10 heteroatoms. The molecule has 184 valence electrons. The van der Waals surface area contributed by atoms with Crippen molar-refractivity contribution in [3.63, 3.8) is 0 Å². The SMILES string of the molecule is COc1cc2ccccc2cc1C(=O)O[C@H](C)C(=O)Nc1ccc(S(=O)(=O)N2CCOCC2)cc1. The van der Waals surface area contributed by atoms with Crippen LogP contribution in [-0.4, -0.2) is 64.1 Å².